The average molecular weight is 381 g/mol. The molecule has 0 N–H and O–H groups in total. The van der Waals surface area contributed by atoms with Gasteiger partial charge in [-0.3, -0.25) is 4.79 Å². The van der Waals surface area contributed by atoms with E-state index < -0.39 is 0 Å². The summed E-state index contributed by atoms with van der Waals surface area (Å²) < 4.78 is 5.78. The molecule has 0 heterocycles. The van der Waals surface area contributed by atoms with Gasteiger partial charge in [0.2, 0.25) is 0 Å². The summed E-state index contributed by atoms with van der Waals surface area (Å²) >= 11 is 0. The highest BCUT2D eigenvalue weighted by atomic mass is 16.5. The lowest BCUT2D eigenvalue weighted by Gasteiger charge is -2.34. The summed E-state index contributed by atoms with van der Waals surface area (Å²) in [7, 11) is 0. The topological polar surface area (TPSA) is 26.3 Å². The molecular formula is C25H48O2. The summed E-state index contributed by atoms with van der Waals surface area (Å²) in [6.07, 6.45) is 20.4. The van der Waals surface area contributed by atoms with Crippen LogP contribution >= 0.6 is 0 Å². The number of rotatable bonds is 15. The summed E-state index contributed by atoms with van der Waals surface area (Å²) in [5, 5.41) is 0. The van der Waals surface area contributed by atoms with Crippen molar-refractivity contribution in [2.75, 3.05) is 0 Å². The number of hydrogen-bond acceptors (Lipinski definition) is 2. The fraction of sp³-hybridized carbons (Fsp3) is 0.960. The molecule has 0 aliphatic heterocycles. The third-order valence-corrected chi connectivity index (χ3v) is 6.89. The minimum absolute atomic E-state index is 0.0242. The number of hydrogen-bond donors (Lipinski definition) is 0. The summed E-state index contributed by atoms with van der Waals surface area (Å²) in [6, 6.07) is 0. The van der Waals surface area contributed by atoms with E-state index in [0.717, 1.165) is 18.3 Å². The summed E-state index contributed by atoms with van der Waals surface area (Å²) in [6.45, 7) is 8.95. The molecule has 2 atom stereocenters. The maximum atomic E-state index is 12.2. The minimum Gasteiger partial charge on any atom is -0.462 e. The lowest BCUT2D eigenvalue weighted by Crippen LogP contribution is -2.30. The lowest BCUT2D eigenvalue weighted by molar-refractivity contribution is -0.152. The van der Waals surface area contributed by atoms with E-state index in [0.29, 0.717) is 12.3 Å². The standard InChI is InChI=1S/C25H48O2/c1-5-7-9-10-11-12-14-16-25(26)27-22(4)21(3)24-19-17-23(18-20-24)15-13-8-6-2/h21-24H,5-20H2,1-4H3. The first-order chi connectivity index (χ1) is 13.1. The van der Waals surface area contributed by atoms with Gasteiger partial charge >= 0.3 is 5.97 Å². The molecule has 160 valence electrons. The second-order valence-electron chi connectivity index (χ2n) is 9.20. The number of unbranched alkanes of at least 4 members (excludes halogenated alkanes) is 8. The maximum absolute atomic E-state index is 12.2. The molecule has 0 aromatic rings. The van der Waals surface area contributed by atoms with Crippen molar-refractivity contribution in [1.82, 2.24) is 0 Å². The highest BCUT2D eigenvalue weighted by molar-refractivity contribution is 5.69. The SMILES string of the molecule is CCCCCCCCCC(=O)OC(C)C(C)C1CCC(CCCCC)CC1. The molecule has 27 heavy (non-hydrogen) atoms. The molecule has 0 aromatic carbocycles. The Hall–Kier alpha value is -0.530. The number of carbonyl (C=O) groups excluding carboxylic acids is 1. The third-order valence-electron chi connectivity index (χ3n) is 6.89. The molecule has 0 amide bonds. The van der Waals surface area contributed by atoms with E-state index in [1.54, 1.807) is 0 Å². The smallest absolute Gasteiger partial charge is 0.306 e. The van der Waals surface area contributed by atoms with Crippen LogP contribution in [-0.4, -0.2) is 12.1 Å². The Morgan fingerprint density at radius 1 is 0.815 bits per heavy atom. The van der Waals surface area contributed by atoms with Crippen molar-refractivity contribution in [3.8, 4) is 0 Å². The molecule has 2 unspecified atom stereocenters. The molecule has 0 radical (unpaired) electrons. The van der Waals surface area contributed by atoms with E-state index in [2.05, 4.69) is 27.7 Å². The van der Waals surface area contributed by atoms with Crippen LogP contribution in [0.2, 0.25) is 0 Å². The van der Waals surface area contributed by atoms with Crippen LogP contribution in [0.3, 0.4) is 0 Å². The zero-order chi connectivity index (χ0) is 19.9. The molecule has 1 aliphatic carbocycles. The molecule has 1 fully saturated rings. The van der Waals surface area contributed by atoms with Crippen LogP contribution in [0.1, 0.15) is 130 Å². The van der Waals surface area contributed by atoms with Gasteiger partial charge in [0.05, 0.1) is 0 Å². The Labute approximate surface area is 170 Å². The quantitative estimate of drug-likeness (QED) is 0.212. The van der Waals surface area contributed by atoms with Crippen molar-refractivity contribution in [2.24, 2.45) is 17.8 Å². The highest BCUT2D eigenvalue weighted by Crippen LogP contribution is 2.37. The van der Waals surface area contributed by atoms with Crippen molar-refractivity contribution >= 4 is 5.97 Å². The molecule has 1 saturated carbocycles. The fourth-order valence-corrected chi connectivity index (χ4v) is 4.67. The summed E-state index contributed by atoms with van der Waals surface area (Å²) in [4.78, 5) is 12.2. The molecule has 1 rings (SSSR count). The molecule has 0 spiro atoms. The van der Waals surface area contributed by atoms with E-state index in [1.165, 1.54) is 89.9 Å². The number of carbonyl (C=O) groups is 1. The molecular weight excluding hydrogens is 332 g/mol. The van der Waals surface area contributed by atoms with Crippen LogP contribution < -0.4 is 0 Å². The van der Waals surface area contributed by atoms with Crippen LogP contribution in [0, 0.1) is 17.8 Å². The van der Waals surface area contributed by atoms with Gasteiger partial charge in [-0.15, -0.1) is 0 Å². The highest BCUT2D eigenvalue weighted by Gasteiger charge is 2.29. The van der Waals surface area contributed by atoms with Crippen molar-refractivity contribution in [2.45, 2.75) is 137 Å². The van der Waals surface area contributed by atoms with Gasteiger partial charge < -0.3 is 4.74 Å². The predicted octanol–water partition coefficient (Wildman–Crippen LogP) is 8.08. The van der Waals surface area contributed by atoms with Crippen molar-refractivity contribution < 1.29 is 9.53 Å². The van der Waals surface area contributed by atoms with Crippen LogP contribution in [-0.2, 0) is 9.53 Å². The van der Waals surface area contributed by atoms with Gasteiger partial charge in [-0.05, 0) is 43.9 Å². The van der Waals surface area contributed by atoms with Gasteiger partial charge in [0.25, 0.3) is 0 Å². The Balaban J connectivity index is 2.13. The zero-order valence-electron chi connectivity index (χ0n) is 18.9. The van der Waals surface area contributed by atoms with Gasteiger partial charge in [-0.1, -0.05) is 97.8 Å². The summed E-state index contributed by atoms with van der Waals surface area (Å²) in [5.74, 6) is 2.22. The number of ether oxygens (including phenoxy) is 1. The van der Waals surface area contributed by atoms with Gasteiger partial charge in [0.15, 0.2) is 0 Å². The Morgan fingerprint density at radius 3 is 2.00 bits per heavy atom. The first-order valence-corrected chi connectivity index (χ1v) is 12.3. The molecule has 2 nitrogen and oxygen atoms in total. The van der Waals surface area contributed by atoms with Gasteiger partial charge in [-0.25, -0.2) is 0 Å². The molecule has 1 aliphatic rings. The lowest BCUT2D eigenvalue weighted by atomic mass is 9.73. The van der Waals surface area contributed by atoms with Crippen molar-refractivity contribution in [1.29, 1.82) is 0 Å². The van der Waals surface area contributed by atoms with Crippen LogP contribution in [0.4, 0.5) is 0 Å². The van der Waals surface area contributed by atoms with E-state index in [4.69, 9.17) is 4.74 Å². The molecule has 0 saturated heterocycles. The largest absolute Gasteiger partial charge is 0.462 e. The second-order valence-corrected chi connectivity index (χ2v) is 9.20. The molecule has 0 bridgehead atoms. The zero-order valence-corrected chi connectivity index (χ0v) is 18.9. The Morgan fingerprint density at radius 2 is 1.37 bits per heavy atom. The molecule has 0 aromatic heterocycles. The fourth-order valence-electron chi connectivity index (χ4n) is 4.67. The van der Waals surface area contributed by atoms with Crippen LogP contribution in [0.25, 0.3) is 0 Å². The van der Waals surface area contributed by atoms with E-state index in [-0.39, 0.29) is 12.1 Å². The normalized spacial score (nSPS) is 22.4. The second kappa shape index (κ2) is 15.4. The monoisotopic (exact) mass is 380 g/mol. The molecule has 2 heteroatoms. The van der Waals surface area contributed by atoms with E-state index >= 15 is 0 Å². The van der Waals surface area contributed by atoms with E-state index in [9.17, 15) is 4.79 Å². The average Bonchev–Trinajstić information content (AvgIpc) is 2.67. The van der Waals surface area contributed by atoms with Crippen molar-refractivity contribution in [3.05, 3.63) is 0 Å². The Bertz CT molecular complexity index is 357. The number of esters is 1. The third kappa shape index (κ3) is 11.2. The van der Waals surface area contributed by atoms with Gasteiger partial charge in [0, 0.05) is 6.42 Å². The van der Waals surface area contributed by atoms with Crippen LogP contribution in [0.15, 0.2) is 0 Å². The Kier molecular flexibility index (Phi) is 14.0. The van der Waals surface area contributed by atoms with Gasteiger partial charge in [-0.2, -0.15) is 0 Å². The van der Waals surface area contributed by atoms with Crippen LogP contribution in [0.5, 0.6) is 0 Å². The predicted molar refractivity (Wildman–Crippen MR) is 117 cm³/mol. The van der Waals surface area contributed by atoms with Gasteiger partial charge in [0.1, 0.15) is 6.10 Å². The van der Waals surface area contributed by atoms with E-state index in [1.807, 2.05) is 0 Å². The van der Waals surface area contributed by atoms with Crippen molar-refractivity contribution in [3.63, 3.8) is 0 Å². The first kappa shape index (κ1) is 24.5. The minimum atomic E-state index is 0.0242. The maximum Gasteiger partial charge on any atom is 0.306 e. The first-order valence-electron chi connectivity index (χ1n) is 12.3. The summed E-state index contributed by atoms with van der Waals surface area (Å²) in [5.41, 5.74) is 0.